The fourth-order valence-corrected chi connectivity index (χ4v) is 2.03. The third-order valence-electron chi connectivity index (χ3n) is 1.31. The van der Waals surface area contributed by atoms with E-state index in [2.05, 4.69) is 26.0 Å². The summed E-state index contributed by atoms with van der Waals surface area (Å²) in [4.78, 5) is 3.59. The van der Waals surface area contributed by atoms with Crippen molar-refractivity contribution >= 4 is 32.2 Å². The number of nitrogens with zero attached hydrogens (tertiary/aromatic N) is 3. The summed E-state index contributed by atoms with van der Waals surface area (Å²) in [5, 5.41) is 3.74. The number of hydrogen-bond acceptors (Lipinski definition) is 3. The molecular formula is C5HBrF3N3S. The van der Waals surface area contributed by atoms with Gasteiger partial charge in [0, 0.05) is 0 Å². The summed E-state index contributed by atoms with van der Waals surface area (Å²) < 4.78 is 37.9. The smallest absolute Gasteiger partial charge is 0.213 e. The Kier molecular flexibility index (Phi) is 1.84. The minimum Gasteiger partial charge on any atom is -0.213 e. The highest BCUT2D eigenvalue weighted by Gasteiger charge is 2.34. The lowest BCUT2D eigenvalue weighted by Crippen LogP contribution is -2.04. The lowest BCUT2D eigenvalue weighted by molar-refractivity contribution is -0.140. The van der Waals surface area contributed by atoms with Gasteiger partial charge in [0.05, 0.1) is 6.20 Å². The lowest BCUT2D eigenvalue weighted by atomic mass is 10.5. The van der Waals surface area contributed by atoms with Gasteiger partial charge in [0.15, 0.2) is 9.61 Å². The Morgan fingerprint density at radius 1 is 1.46 bits per heavy atom. The predicted molar refractivity (Wildman–Crippen MR) is 43.6 cm³/mol. The van der Waals surface area contributed by atoms with E-state index in [0.717, 1.165) is 22.0 Å². The summed E-state index contributed by atoms with van der Waals surface area (Å²) in [6.45, 7) is 0. The molecule has 13 heavy (non-hydrogen) atoms. The molecule has 8 heteroatoms. The zero-order chi connectivity index (χ0) is 9.64. The van der Waals surface area contributed by atoms with Crippen LogP contribution in [-0.2, 0) is 6.18 Å². The van der Waals surface area contributed by atoms with Crippen LogP contribution in [0.3, 0.4) is 0 Å². The minimum absolute atomic E-state index is 0.221. The fourth-order valence-electron chi connectivity index (χ4n) is 0.812. The van der Waals surface area contributed by atoms with Gasteiger partial charge in [0.1, 0.15) is 0 Å². The molecule has 0 fully saturated rings. The molecule has 0 amide bonds. The van der Waals surface area contributed by atoms with Crippen molar-refractivity contribution in [2.45, 2.75) is 6.18 Å². The van der Waals surface area contributed by atoms with Crippen molar-refractivity contribution in [2.24, 2.45) is 0 Å². The lowest BCUT2D eigenvalue weighted by Gasteiger charge is -1.98. The molecular weight excluding hydrogens is 271 g/mol. The van der Waals surface area contributed by atoms with Crippen molar-refractivity contribution in [3.8, 4) is 0 Å². The van der Waals surface area contributed by atoms with Gasteiger partial charge in [-0.25, -0.2) is 9.50 Å². The molecule has 0 atom stereocenters. The van der Waals surface area contributed by atoms with E-state index in [9.17, 15) is 13.2 Å². The average molecular weight is 272 g/mol. The molecule has 3 nitrogen and oxygen atoms in total. The van der Waals surface area contributed by atoms with Gasteiger partial charge >= 0.3 is 6.18 Å². The van der Waals surface area contributed by atoms with Gasteiger partial charge in [-0.2, -0.15) is 13.2 Å². The summed E-state index contributed by atoms with van der Waals surface area (Å²) in [7, 11) is 0. The Balaban J connectivity index is 2.57. The van der Waals surface area contributed by atoms with Gasteiger partial charge in [-0.05, 0) is 15.9 Å². The van der Waals surface area contributed by atoms with Crippen LogP contribution in [0.5, 0.6) is 0 Å². The Morgan fingerprint density at radius 2 is 2.15 bits per heavy atom. The van der Waals surface area contributed by atoms with Crippen molar-refractivity contribution in [2.75, 3.05) is 0 Å². The maximum Gasteiger partial charge on any atom is 0.435 e. The number of aromatic nitrogens is 3. The van der Waals surface area contributed by atoms with Crippen LogP contribution in [0, 0.1) is 0 Å². The van der Waals surface area contributed by atoms with E-state index in [0.29, 0.717) is 3.92 Å². The molecule has 0 radical (unpaired) electrons. The largest absolute Gasteiger partial charge is 0.435 e. The number of fused-ring (bicyclic) bond motifs is 1. The van der Waals surface area contributed by atoms with Gasteiger partial charge in [0.25, 0.3) is 0 Å². The molecule has 2 heterocycles. The van der Waals surface area contributed by atoms with Crippen LogP contribution in [0.1, 0.15) is 5.69 Å². The number of alkyl halides is 3. The van der Waals surface area contributed by atoms with Gasteiger partial charge in [-0.15, -0.1) is 5.10 Å². The topological polar surface area (TPSA) is 30.2 Å². The number of rotatable bonds is 0. The van der Waals surface area contributed by atoms with Crippen molar-refractivity contribution in [1.82, 2.24) is 14.6 Å². The molecule has 0 bridgehead atoms. The van der Waals surface area contributed by atoms with E-state index >= 15 is 0 Å². The number of halogens is 4. The van der Waals surface area contributed by atoms with Gasteiger partial charge in [0.2, 0.25) is 4.96 Å². The zero-order valence-corrected chi connectivity index (χ0v) is 8.24. The highest BCUT2D eigenvalue weighted by atomic mass is 79.9. The summed E-state index contributed by atoms with van der Waals surface area (Å²) in [5.41, 5.74) is -0.918. The summed E-state index contributed by atoms with van der Waals surface area (Å²) in [5.74, 6) is 0. The molecule has 2 aromatic heterocycles. The van der Waals surface area contributed by atoms with Crippen LogP contribution >= 0.6 is 27.3 Å². The van der Waals surface area contributed by atoms with Crippen molar-refractivity contribution < 1.29 is 13.2 Å². The van der Waals surface area contributed by atoms with Gasteiger partial charge in [-0.1, -0.05) is 11.3 Å². The highest BCUT2D eigenvalue weighted by molar-refractivity contribution is 9.11. The van der Waals surface area contributed by atoms with E-state index in [-0.39, 0.29) is 4.96 Å². The molecule has 0 spiro atoms. The second kappa shape index (κ2) is 2.68. The normalized spacial score (nSPS) is 12.6. The highest BCUT2D eigenvalue weighted by Crippen LogP contribution is 2.30. The Labute approximate surface area is 82.3 Å². The van der Waals surface area contributed by atoms with Crippen LogP contribution in [-0.4, -0.2) is 14.6 Å². The molecule has 2 rings (SSSR count). The summed E-state index contributed by atoms with van der Waals surface area (Å²) >= 11 is 4.09. The van der Waals surface area contributed by atoms with E-state index in [1.807, 2.05) is 0 Å². The molecule has 0 unspecified atom stereocenters. The first-order valence-electron chi connectivity index (χ1n) is 3.06. The number of hydrogen-bond donors (Lipinski definition) is 0. The van der Waals surface area contributed by atoms with E-state index in [1.165, 1.54) is 0 Å². The molecule has 0 aliphatic carbocycles. The first kappa shape index (κ1) is 8.95. The molecule has 0 aliphatic rings. The van der Waals surface area contributed by atoms with Crippen LogP contribution < -0.4 is 0 Å². The van der Waals surface area contributed by atoms with Gasteiger partial charge < -0.3 is 0 Å². The molecule has 2 aromatic rings. The third kappa shape index (κ3) is 1.55. The zero-order valence-electron chi connectivity index (χ0n) is 5.84. The summed E-state index contributed by atoms with van der Waals surface area (Å²) in [6, 6.07) is 0. The fraction of sp³-hybridized carbons (Fsp3) is 0.200. The molecule has 0 aliphatic heterocycles. The minimum atomic E-state index is -4.40. The monoisotopic (exact) mass is 271 g/mol. The third-order valence-corrected chi connectivity index (χ3v) is 2.66. The summed E-state index contributed by atoms with van der Waals surface area (Å²) in [6.07, 6.45) is -3.55. The molecule has 0 N–H and O–H groups in total. The average Bonchev–Trinajstić information content (AvgIpc) is 2.40. The second-order valence-corrected chi connectivity index (χ2v) is 4.44. The SMILES string of the molecule is FC(F)(F)c1cn2nc(Br)sc2n1. The van der Waals surface area contributed by atoms with Crippen LogP contribution in [0.25, 0.3) is 4.96 Å². The first-order valence-corrected chi connectivity index (χ1v) is 4.66. The van der Waals surface area contributed by atoms with Crippen molar-refractivity contribution in [3.63, 3.8) is 0 Å². The molecule has 0 saturated carbocycles. The predicted octanol–water partition coefficient (Wildman–Crippen LogP) is 2.57. The van der Waals surface area contributed by atoms with Crippen LogP contribution in [0.2, 0.25) is 0 Å². The maximum atomic E-state index is 12.1. The molecule has 0 aromatic carbocycles. The molecule has 70 valence electrons. The van der Waals surface area contributed by atoms with Crippen molar-refractivity contribution in [3.05, 3.63) is 15.8 Å². The maximum absolute atomic E-state index is 12.1. The van der Waals surface area contributed by atoms with E-state index in [1.54, 1.807) is 0 Å². The standard InChI is InChI=1S/C5HBrF3N3S/c6-3-11-12-1-2(5(7,8)9)10-4(12)13-3/h1H. The van der Waals surface area contributed by atoms with Gasteiger partial charge in [-0.3, -0.25) is 0 Å². The van der Waals surface area contributed by atoms with Crippen molar-refractivity contribution in [1.29, 1.82) is 0 Å². The second-order valence-electron chi connectivity index (χ2n) is 2.21. The van der Waals surface area contributed by atoms with E-state index in [4.69, 9.17) is 0 Å². The Bertz CT molecular complexity index is 414. The number of imidazole rings is 1. The van der Waals surface area contributed by atoms with E-state index < -0.39 is 11.9 Å². The Morgan fingerprint density at radius 3 is 2.69 bits per heavy atom. The van der Waals surface area contributed by atoms with Crippen LogP contribution in [0.15, 0.2) is 10.1 Å². The quantitative estimate of drug-likeness (QED) is 0.737. The Hall–Kier alpha value is -0.630. The molecule has 0 saturated heterocycles. The van der Waals surface area contributed by atoms with Crippen LogP contribution in [0.4, 0.5) is 13.2 Å². The first-order chi connectivity index (χ1) is 5.97.